The van der Waals surface area contributed by atoms with Crippen LogP contribution in [0.4, 0.5) is 0 Å². The maximum Gasteiger partial charge on any atom is 0.349 e. The van der Waals surface area contributed by atoms with E-state index in [1.54, 1.807) is 0 Å². The molecule has 4 fully saturated rings. The summed E-state index contributed by atoms with van der Waals surface area (Å²) in [5.41, 5.74) is 0.415. The van der Waals surface area contributed by atoms with Crippen molar-refractivity contribution in [1.29, 1.82) is 0 Å². The van der Waals surface area contributed by atoms with Crippen LogP contribution >= 0.6 is 0 Å². The zero-order valence-electron chi connectivity index (χ0n) is 14.5. The number of aryl methyl sites for hydroxylation is 1. The topological polar surface area (TPSA) is 71.8 Å². The van der Waals surface area contributed by atoms with Gasteiger partial charge >= 0.3 is 5.63 Å². The van der Waals surface area contributed by atoms with Crippen molar-refractivity contribution in [3.63, 3.8) is 0 Å². The van der Waals surface area contributed by atoms with E-state index in [1.807, 2.05) is 17.9 Å². The predicted molar refractivity (Wildman–Crippen MR) is 90.5 cm³/mol. The van der Waals surface area contributed by atoms with Crippen molar-refractivity contribution < 1.29 is 13.9 Å². The van der Waals surface area contributed by atoms with Crippen LogP contribution in [-0.2, 0) is 4.74 Å². The zero-order valence-corrected chi connectivity index (χ0v) is 14.5. The Kier molecular flexibility index (Phi) is 3.54. The number of hydrogen-bond donors (Lipinski definition) is 1. The average molecular weight is 344 g/mol. The third-order valence-corrected chi connectivity index (χ3v) is 6.63. The van der Waals surface area contributed by atoms with Crippen LogP contribution in [0.5, 0.6) is 0 Å². The second-order valence-corrected chi connectivity index (χ2v) is 7.91. The van der Waals surface area contributed by atoms with Crippen molar-refractivity contribution in [2.24, 2.45) is 11.8 Å². The van der Waals surface area contributed by atoms with Crippen molar-refractivity contribution >= 4 is 5.91 Å². The molecule has 1 amide bonds. The van der Waals surface area contributed by atoms with Crippen LogP contribution in [0.2, 0.25) is 0 Å². The van der Waals surface area contributed by atoms with E-state index >= 15 is 0 Å². The van der Waals surface area contributed by atoms with E-state index in [1.165, 1.54) is 0 Å². The summed E-state index contributed by atoms with van der Waals surface area (Å²) >= 11 is 0. The molecule has 6 nitrogen and oxygen atoms in total. The number of hydrogen-bond acceptors (Lipinski definition) is 5. The molecule has 0 saturated carbocycles. The third kappa shape index (κ3) is 2.23. The maximum atomic E-state index is 13.2. The standard InChI is InChI=1S/C19H24N2O4/c1-10-7-16(15-3-2-6-24-15)25-19(23)17(10)18(22)21-13-4-5-14(21)12-9-20-8-11(12)13/h7,11-15,20H,2-6,8-9H2,1H3/t11-,12+,13-,14+,15?. The van der Waals surface area contributed by atoms with Gasteiger partial charge in [-0.15, -0.1) is 0 Å². The molecule has 4 aliphatic rings. The van der Waals surface area contributed by atoms with E-state index in [0.29, 0.717) is 29.8 Å². The molecule has 4 aliphatic heterocycles. The van der Waals surface area contributed by atoms with E-state index in [9.17, 15) is 9.59 Å². The van der Waals surface area contributed by atoms with Crippen molar-refractivity contribution in [2.75, 3.05) is 19.7 Å². The van der Waals surface area contributed by atoms with E-state index < -0.39 is 5.63 Å². The Morgan fingerprint density at radius 2 is 1.92 bits per heavy atom. The van der Waals surface area contributed by atoms with Crippen LogP contribution in [0.1, 0.15) is 53.5 Å². The Bertz CT molecular complexity index is 749. The van der Waals surface area contributed by atoms with Gasteiger partial charge in [0.2, 0.25) is 0 Å². The summed E-state index contributed by atoms with van der Waals surface area (Å²) < 4.78 is 11.1. The fourth-order valence-corrected chi connectivity index (χ4v) is 5.55. The van der Waals surface area contributed by atoms with Gasteiger partial charge in [0.15, 0.2) is 0 Å². The SMILES string of the molecule is Cc1cc(C2CCCO2)oc(=O)c1C(=O)N1[C@@H]2CC[C@H]1[C@H]1CNC[C@H]12. The van der Waals surface area contributed by atoms with E-state index in [-0.39, 0.29) is 29.7 Å². The highest BCUT2D eigenvalue weighted by Crippen LogP contribution is 2.47. The Balaban J connectivity index is 1.47. The van der Waals surface area contributed by atoms with Gasteiger partial charge < -0.3 is 19.4 Å². The minimum atomic E-state index is -0.509. The first-order valence-electron chi connectivity index (χ1n) is 9.45. The van der Waals surface area contributed by atoms with E-state index in [0.717, 1.165) is 38.8 Å². The predicted octanol–water partition coefficient (Wildman–Crippen LogP) is 1.62. The molecule has 1 aromatic rings. The summed E-state index contributed by atoms with van der Waals surface area (Å²) in [6, 6.07) is 2.37. The van der Waals surface area contributed by atoms with Crippen LogP contribution < -0.4 is 10.9 Å². The second-order valence-electron chi connectivity index (χ2n) is 7.91. The molecular weight excluding hydrogens is 320 g/mol. The largest absolute Gasteiger partial charge is 0.424 e. The molecule has 2 bridgehead atoms. The maximum absolute atomic E-state index is 13.2. The lowest BCUT2D eigenvalue weighted by Gasteiger charge is -2.25. The van der Waals surface area contributed by atoms with Crippen LogP contribution in [0.15, 0.2) is 15.3 Å². The summed E-state index contributed by atoms with van der Waals surface area (Å²) in [5, 5.41) is 3.45. The first-order chi connectivity index (χ1) is 12.1. The normalized spacial score (nSPS) is 36.2. The zero-order chi connectivity index (χ0) is 17.1. The average Bonchev–Trinajstić information content (AvgIpc) is 3.34. The van der Waals surface area contributed by atoms with E-state index in [2.05, 4.69) is 5.32 Å². The molecule has 5 rings (SSSR count). The third-order valence-electron chi connectivity index (χ3n) is 6.63. The Labute approximate surface area is 146 Å². The summed E-state index contributed by atoms with van der Waals surface area (Å²) in [5.74, 6) is 1.51. The summed E-state index contributed by atoms with van der Waals surface area (Å²) in [6.45, 7) is 4.51. The van der Waals surface area contributed by atoms with Gasteiger partial charge in [-0.25, -0.2) is 4.79 Å². The Morgan fingerprint density at radius 3 is 2.52 bits per heavy atom. The fraction of sp³-hybridized carbons (Fsp3) is 0.684. The molecule has 6 heteroatoms. The molecule has 134 valence electrons. The molecule has 25 heavy (non-hydrogen) atoms. The molecule has 0 aliphatic carbocycles. The number of ether oxygens (including phenoxy) is 1. The lowest BCUT2D eigenvalue weighted by molar-refractivity contribution is 0.0696. The van der Waals surface area contributed by atoms with Crippen molar-refractivity contribution in [1.82, 2.24) is 10.2 Å². The van der Waals surface area contributed by atoms with Gasteiger partial charge in [-0.05, 0) is 56.1 Å². The minimum Gasteiger partial charge on any atom is -0.424 e. The van der Waals surface area contributed by atoms with Gasteiger partial charge in [-0.1, -0.05) is 0 Å². The van der Waals surface area contributed by atoms with Gasteiger partial charge in [0, 0.05) is 31.8 Å². The number of rotatable bonds is 2. The van der Waals surface area contributed by atoms with Crippen molar-refractivity contribution in [2.45, 2.75) is 50.8 Å². The molecule has 0 aromatic carbocycles. The van der Waals surface area contributed by atoms with Gasteiger partial charge in [-0.2, -0.15) is 0 Å². The molecule has 0 radical (unpaired) electrons. The van der Waals surface area contributed by atoms with Crippen LogP contribution in [0, 0.1) is 18.8 Å². The number of carbonyl (C=O) groups is 1. The summed E-state index contributed by atoms with van der Waals surface area (Å²) in [4.78, 5) is 27.8. The highest BCUT2D eigenvalue weighted by molar-refractivity contribution is 5.96. The number of nitrogens with one attached hydrogen (secondary N) is 1. The first kappa shape index (κ1) is 15.6. The van der Waals surface area contributed by atoms with Gasteiger partial charge in [0.1, 0.15) is 17.4 Å². The molecule has 1 aromatic heterocycles. The van der Waals surface area contributed by atoms with Gasteiger partial charge in [0.25, 0.3) is 5.91 Å². The quantitative estimate of drug-likeness (QED) is 0.883. The minimum absolute atomic E-state index is 0.132. The highest BCUT2D eigenvalue weighted by Gasteiger charge is 2.56. The molecule has 4 saturated heterocycles. The lowest BCUT2D eigenvalue weighted by atomic mass is 9.82. The van der Waals surface area contributed by atoms with Crippen LogP contribution in [0.25, 0.3) is 0 Å². The molecule has 1 N–H and O–H groups in total. The number of nitrogens with zero attached hydrogens (tertiary/aromatic N) is 1. The second kappa shape index (κ2) is 5.68. The Morgan fingerprint density at radius 1 is 1.20 bits per heavy atom. The molecule has 1 unspecified atom stereocenters. The summed E-state index contributed by atoms with van der Waals surface area (Å²) in [7, 11) is 0. The lowest BCUT2D eigenvalue weighted by Crippen LogP contribution is -2.41. The molecule has 0 spiro atoms. The molecule has 5 atom stereocenters. The monoisotopic (exact) mass is 344 g/mol. The van der Waals surface area contributed by atoms with Crippen LogP contribution in [0.3, 0.4) is 0 Å². The van der Waals surface area contributed by atoms with Crippen molar-refractivity contribution in [3.05, 3.63) is 33.4 Å². The van der Waals surface area contributed by atoms with Crippen molar-refractivity contribution in [3.8, 4) is 0 Å². The van der Waals surface area contributed by atoms with Gasteiger partial charge in [-0.3, -0.25) is 4.79 Å². The highest BCUT2D eigenvalue weighted by atomic mass is 16.5. The fourth-order valence-electron chi connectivity index (χ4n) is 5.55. The van der Waals surface area contributed by atoms with Gasteiger partial charge in [0.05, 0.1) is 0 Å². The first-order valence-corrected chi connectivity index (χ1v) is 9.45. The molecular formula is C19H24N2O4. The van der Waals surface area contributed by atoms with E-state index in [4.69, 9.17) is 9.15 Å². The van der Waals surface area contributed by atoms with Crippen LogP contribution in [-0.4, -0.2) is 42.6 Å². The number of fused-ring (bicyclic) bond motifs is 5. The summed E-state index contributed by atoms with van der Waals surface area (Å²) in [6.07, 6.45) is 3.79. The number of carbonyl (C=O) groups excluding carboxylic acids is 1. The Hall–Kier alpha value is -1.66. The smallest absolute Gasteiger partial charge is 0.349 e. The molecule has 5 heterocycles. The number of amides is 1.